The number of para-hydroxylation sites is 1. The second kappa shape index (κ2) is 8.55. The van der Waals surface area contributed by atoms with Crippen LogP contribution in [0.15, 0.2) is 60.2 Å². The first kappa shape index (κ1) is 19.4. The van der Waals surface area contributed by atoms with Gasteiger partial charge in [0, 0.05) is 22.0 Å². The maximum Gasteiger partial charge on any atom is 0.266 e. The second-order valence-electron chi connectivity index (χ2n) is 6.32. The van der Waals surface area contributed by atoms with Crippen molar-refractivity contribution < 1.29 is 4.79 Å². The molecule has 140 valence electrons. The molecule has 1 amide bonds. The molecule has 0 spiro atoms. The molecule has 0 unspecified atom stereocenters. The highest BCUT2D eigenvalue weighted by atomic mass is 35.5. The molecule has 0 saturated heterocycles. The third-order valence-electron chi connectivity index (χ3n) is 4.40. The van der Waals surface area contributed by atoms with Gasteiger partial charge in [0.2, 0.25) is 0 Å². The minimum atomic E-state index is -0.452. The molecule has 0 atom stereocenters. The maximum absolute atomic E-state index is 12.5. The summed E-state index contributed by atoms with van der Waals surface area (Å²) in [6.07, 6.45) is 1.58. The molecular formula is C22H19ClN4O. The van der Waals surface area contributed by atoms with Gasteiger partial charge in [0.25, 0.3) is 5.91 Å². The van der Waals surface area contributed by atoms with Gasteiger partial charge in [-0.2, -0.15) is 10.4 Å². The quantitative estimate of drug-likeness (QED) is 0.505. The minimum absolute atomic E-state index is 0.0207. The highest BCUT2D eigenvalue weighted by molar-refractivity contribution is 6.31. The topological polar surface area (TPSA) is 70.7 Å². The molecule has 1 heterocycles. The lowest BCUT2D eigenvalue weighted by Crippen LogP contribution is -2.13. The number of carbonyl (C=O) groups excluding carboxylic acids is 1. The van der Waals surface area contributed by atoms with Crippen molar-refractivity contribution in [2.75, 3.05) is 5.32 Å². The first-order valence-electron chi connectivity index (χ1n) is 8.75. The normalized spacial score (nSPS) is 11.1. The van der Waals surface area contributed by atoms with E-state index in [0.717, 1.165) is 22.5 Å². The Balaban J connectivity index is 1.88. The van der Waals surface area contributed by atoms with Gasteiger partial charge in [0.1, 0.15) is 11.6 Å². The zero-order chi connectivity index (χ0) is 20.1. The Kier molecular flexibility index (Phi) is 5.93. The van der Waals surface area contributed by atoms with Crippen molar-refractivity contribution >= 4 is 29.3 Å². The predicted octanol–water partition coefficient (Wildman–Crippen LogP) is 4.75. The van der Waals surface area contributed by atoms with Crippen LogP contribution in [-0.4, -0.2) is 15.7 Å². The smallest absolute Gasteiger partial charge is 0.266 e. The Hall–Kier alpha value is -3.36. The van der Waals surface area contributed by atoms with Gasteiger partial charge < -0.3 is 5.32 Å². The first-order valence-corrected chi connectivity index (χ1v) is 9.13. The number of rotatable bonds is 5. The van der Waals surface area contributed by atoms with Crippen molar-refractivity contribution in [1.82, 2.24) is 9.78 Å². The molecule has 6 heteroatoms. The third kappa shape index (κ3) is 4.30. The van der Waals surface area contributed by atoms with Crippen molar-refractivity contribution in [1.29, 1.82) is 5.26 Å². The summed E-state index contributed by atoms with van der Waals surface area (Å²) in [5, 5.41) is 17.4. The summed E-state index contributed by atoms with van der Waals surface area (Å²) < 4.78 is 1.83. The van der Waals surface area contributed by atoms with Gasteiger partial charge in [0.05, 0.1) is 12.2 Å². The van der Waals surface area contributed by atoms with Crippen LogP contribution in [0.5, 0.6) is 0 Å². The standard InChI is InChI=1S/C22H19ClN4O/c1-15-20(12-18(13-24)22(28)25-19-9-4-3-5-10-19)16(2)27(26-15)14-17-8-6-7-11-21(17)23/h3-12H,14H2,1-2H3,(H,25,28). The zero-order valence-corrected chi connectivity index (χ0v) is 16.4. The van der Waals surface area contributed by atoms with Crippen molar-refractivity contribution in [2.45, 2.75) is 20.4 Å². The number of nitriles is 1. The molecule has 28 heavy (non-hydrogen) atoms. The monoisotopic (exact) mass is 390 g/mol. The SMILES string of the molecule is Cc1nn(Cc2ccccc2Cl)c(C)c1C=C(C#N)C(=O)Nc1ccccc1. The van der Waals surface area contributed by atoms with Gasteiger partial charge in [-0.15, -0.1) is 0 Å². The van der Waals surface area contributed by atoms with Crippen molar-refractivity contribution in [3.63, 3.8) is 0 Å². The van der Waals surface area contributed by atoms with E-state index in [1.165, 1.54) is 0 Å². The third-order valence-corrected chi connectivity index (χ3v) is 4.77. The van der Waals surface area contributed by atoms with Gasteiger partial charge in [-0.3, -0.25) is 9.48 Å². The zero-order valence-electron chi connectivity index (χ0n) is 15.6. The van der Waals surface area contributed by atoms with E-state index in [9.17, 15) is 10.1 Å². The molecule has 1 N–H and O–H groups in total. The summed E-state index contributed by atoms with van der Waals surface area (Å²) in [7, 11) is 0. The van der Waals surface area contributed by atoms with Crippen LogP contribution in [0.4, 0.5) is 5.69 Å². The molecule has 3 aromatic rings. The van der Waals surface area contributed by atoms with Crippen molar-refractivity contribution in [3.05, 3.63) is 87.7 Å². The summed E-state index contributed by atoms with van der Waals surface area (Å²) in [4.78, 5) is 12.5. The van der Waals surface area contributed by atoms with Crippen LogP contribution in [0, 0.1) is 25.2 Å². The summed E-state index contributed by atoms with van der Waals surface area (Å²) >= 11 is 6.25. The van der Waals surface area contributed by atoms with E-state index in [-0.39, 0.29) is 5.57 Å². The first-order chi connectivity index (χ1) is 13.5. The van der Waals surface area contributed by atoms with E-state index < -0.39 is 5.91 Å². The molecule has 1 aromatic heterocycles. The van der Waals surface area contributed by atoms with Gasteiger partial charge in [0.15, 0.2) is 0 Å². The number of anilines is 1. The number of hydrogen-bond acceptors (Lipinski definition) is 3. The van der Waals surface area contributed by atoms with Crippen LogP contribution in [0.25, 0.3) is 6.08 Å². The summed E-state index contributed by atoms with van der Waals surface area (Å²) in [6.45, 7) is 4.27. The van der Waals surface area contributed by atoms with Crippen LogP contribution in [0.1, 0.15) is 22.5 Å². The lowest BCUT2D eigenvalue weighted by molar-refractivity contribution is -0.112. The molecule has 5 nitrogen and oxygen atoms in total. The van der Waals surface area contributed by atoms with Crippen LogP contribution in [-0.2, 0) is 11.3 Å². The second-order valence-corrected chi connectivity index (χ2v) is 6.73. The van der Waals surface area contributed by atoms with E-state index in [1.807, 2.05) is 67.1 Å². The maximum atomic E-state index is 12.5. The fourth-order valence-electron chi connectivity index (χ4n) is 2.87. The summed E-state index contributed by atoms with van der Waals surface area (Å²) in [6, 6.07) is 18.6. The number of aryl methyl sites for hydroxylation is 1. The highest BCUT2D eigenvalue weighted by Gasteiger charge is 2.15. The van der Waals surface area contributed by atoms with Crippen molar-refractivity contribution in [3.8, 4) is 6.07 Å². The predicted molar refractivity (Wildman–Crippen MR) is 111 cm³/mol. The number of carbonyl (C=O) groups is 1. The molecule has 3 rings (SSSR count). The molecule has 0 fully saturated rings. The highest BCUT2D eigenvalue weighted by Crippen LogP contribution is 2.21. The van der Waals surface area contributed by atoms with E-state index >= 15 is 0 Å². The molecule has 0 aliphatic heterocycles. The Morgan fingerprint density at radius 2 is 1.86 bits per heavy atom. The fourth-order valence-corrected chi connectivity index (χ4v) is 3.07. The van der Waals surface area contributed by atoms with Gasteiger partial charge >= 0.3 is 0 Å². The Labute approximate surface area is 168 Å². The van der Waals surface area contributed by atoms with E-state index in [0.29, 0.717) is 17.3 Å². The molecule has 0 aliphatic carbocycles. The van der Waals surface area contributed by atoms with Crippen LogP contribution >= 0.6 is 11.6 Å². The van der Waals surface area contributed by atoms with Crippen LogP contribution in [0.2, 0.25) is 5.02 Å². The average molecular weight is 391 g/mol. The van der Waals surface area contributed by atoms with E-state index in [4.69, 9.17) is 11.6 Å². The number of benzene rings is 2. The van der Waals surface area contributed by atoms with Gasteiger partial charge in [-0.1, -0.05) is 48.0 Å². The van der Waals surface area contributed by atoms with Crippen LogP contribution < -0.4 is 5.32 Å². The average Bonchev–Trinajstić information content (AvgIpc) is 2.95. The number of aromatic nitrogens is 2. The molecule has 0 bridgehead atoms. The molecule has 0 radical (unpaired) electrons. The lowest BCUT2D eigenvalue weighted by atomic mass is 10.1. The number of nitrogens with one attached hydrogen (secondary N) is 1. The molecular weight excluding hydrogens is 372 g/mol. The number of amides is 1. The van der Waals surface area contributed by atoms with Gasteiger partial charge in [-0.05, 0) is 43.7 Å². The van der Waals surface area contributed by atoms with E-state index in [1.54, 1.807) is 18.2 Å². The molecule has 2 aromatic carbocycles. The fraction of sp³-hybridized carbons (Fsp3) is 0.136. The van der Waals surface area contributed by atoms with Crippen LogP contribution in [0.3, 0.4) is 0 Å². The van der Waals surface area contributed by atoms with E-state index in [2.05, 4.69) is 10.4 Å². The summed E-state index contributed by atoms with van der Waals surface area (Å²) in [5.41, 5.74) is 3.96. The Morgan fingerprint density at radius 3 is 2.54 bits per heavy atom. The largest absolute Gasteiger partial charge is 0.321 e. The molecule has 0 aliphatic rings. The number of nitrogens with zero attached hydrogens (tertiary/aromatic N) is 3. The minimum Gasteiger partial charge on any atom is -0.321 e. The summed E-state index contributed by atoms with van der Waals surface area (Å²) in [5.74, 6) is -0.452. The Morgan fingerprint density at radius 1 is 1.18 bits per heavy atom. The number of hydrogen-bond donors (Lipinski definition) is 1. The Bertz CT molecular complexity index is 1080. The lowest BCUT2D eigenvalue weighted by Gasteiger charge is -2.07. The molecule has 0 saturated carbocycles. The number of halogens is 1. The van der Waals surface area contributed by atoms with Gasteiger partial charge in [-0.25, -0.2) is 0 Å². The van der Waals surface area contributed by atoms with Crippen molar-refractivity contribution in [2.24, 2.45) is 0 Å².